The van der Waals surface area contributed by atoms with Crippen molar-refractivity contribution < 1.29 is 14.3 Å². The van der Waals surface area contributed by atoms with Gasteiger partial charge in [-0.1, -0.05) is 41.9 Å². The Morgan fingerprint density at radius 2 is 1.78 bits per heavy atom. The largest absolute Gasteiger partial charge is 0.484 e. The van der Waals surface area contributed by atoms with E-state index in [1.165, 1.54) is 6.07 Å². The molecule has 3 aromatic rings. The number of carbonyl (C=O) groups is 2. The lowest BCUT2D eigenvalue weighted by molar-refractivity contribution is -0.118. The van der Waals surface area contributed by atoms with Gasteiger partial charge in [-0.15, -0.1) is 0 Å². The normalized spacial score (nSPS) is 10.4. The van der Waals surface area contributed by atoms with Crippen LogP contribution in [0.3, 0.4) is 0 Å². The molecule has 5 nitrogen and oxygen atoms in total. The maximum atomic E-state index is 12.3. The van der Waals surface area contributed by atoms with Crippen LogP contribution in [0.4, 0.5) is 5.69 Å². The van der Waals surface area contributed by atoms with Crippen LogP contribution in [0, 0.1) is 0 Å². The molecule has 0 bridgehead atoms. The van der Waals surface area contributed by atoms with E-state index in [0.29, 0.717) is 28.6 Å². The number of halogens is 1. The van der Waals surface area contributed by atoms with E-state index in [1.54, 1.807) is 12.1 Å². The molecule has 0 aliphatic heterocycles. The molecule has 0 saturated heterocycles. The first-order chi connectivity index (χ1) is 13.1. The van der Waals surface area contributed by atoms with Gasteiger partial charge in [0.2, 0.25) is 0 Å². The quantitative estimate of drug-likeness (QED) is 0.669. The summed E-state index contributed by atoms with van der Waals surface area (Å²) >= 11 is 5.97. The van der Waals surface area contributed by atoms with Crippen LogP contribution in [-0.4, -0.2) is 25.0 Å². The number of hydrogen-bond acceptors (Lipinski definition) is 3. The molecule has 0 radical (unpaired) electrons. The van der Waals surface area contributed by atoms with E-state index in [4.69, 9.17) is 16.3 Å². The SMILES string of the molecule is CCNC(=O)c1cc(Cl)ccc1NC(=O)COc1ccc2ccccc2c1. The number of carbonyl (C=O) groups excluding carboxylic acids is 2. The van der Waals surface area contributed by atoms with Gasteiger partial charge in [-0.05, 0) is 48.0 Å². The standard InChI is InChI=1S/C21H19ClN2O3/c1-2-23-21(26)18-12-16(22)8-10-19(18)24-20(25)13-27-17-9-7-14-5-3-4-6-15(14)11-17/h3-12H,2,13H2,1H3,(H,23,26)(H,24,25). The summed E-state index contributed by atoms with van der Waals surface area (Å²) in [6.45, 7) is 2.12. The fourth-order valence-corrected chi connectivity index (χ4v) is 2.83. The number of ether oxygens (including phenoxy) is 1. The lowest BCUT2D eigenvalue weighted by Gasteiger charge is -2.12. The molecule has 0 unspecified atom stereocenters. The molecule has 0 aliphatic carbocycles. The van der Waals surface area contributed by atoms with E-state index in [0.717, 1.165) is 10.8 Å². The Hall–Kier alpha value is -3.05. The minimum absolute atomic E-state index is 0.171. The Kier molecular flexibility index (Phi) is 5.94. The van der Waals surface area contributed by atoms with Crippen molar-refractivity contribution in [2.75, 3.05) is 18.5 Å². The van der Waals surface area contributed by atoms with Crippen molar-refractivity contribution >= 4 is 39.9 Å². The van der Waals surface area contributed by atoms with Crippen LogP contribution in [0.15, 0.2) is 60.7 Å². The van der Waals surface area contributed by atoms with Gasteiger partial charge in [0.15, 0.2) is 6.61 Å². The summed E-state index contributed by atoms with van der Waals surface area (Å²) in [7, 11) is 0. The van der Waals surface area contributed by atoms with Crippen molar-refractivity contribution in [3.63, 3.8) is 0 Å². The van der Waals surface area contributed by atoms with Crippen LogP contribution in [0.25, 0.3) is 10.8 Å². The molecule has 27 heavy (non-hydrogen) atoms. The average molecular weight is 383 g/mol. The maximum absolute atomic E-state index is 12.3. The molecular formula is C21H19ClN2O3. The Bertz CT molecular complexity index is 988. The van der Waals surface area contributed by atoms with Gasteiger partial charge in [-0.25, -0.2) is 0 Å². The summed E-state index contributed by atoms with van der Waals surface area (Å²) in [5.41, 5.74) is 0.695. The predicted molar refractivity (Wildman–Crippen MR) is 108 cm³/mol. The van der Waals surface area contributed by atoms with Crippen molar-refractivity contribution in [2.24, 2.45) is 0 Å². The molecule has 0 aromatic heterocycles. The summed E-state index contributed by atoms with van der Waals surface area (Å²) in [4.78, 5) is 24.4. The molecule has 2 N–H and O–H groups in total. The minimum Gasteiger partial charge on any atom is -0.484 e. The van der Waals surface area contributed by atoms with Crippen molar-refractivity contribution in [1.82, 2.24) is 5.32 Å². The van der Waals surface area contributed by atoms with Gasteiger partial charge in [-0.3, -0.25) is 9.59 Å². The molecular weight excluding hydrogens is 364 g/mol. The summed E-state index contributed by atoms with van der Waals surface area (Å²) in [6, 6.07) is 18.3. The Morgan fingerprint density at radius 3 is 2.56 bits per heavy atom. The molecule has 2 amide bonds. The third-order valence-corrected chi connectivity index (χ3v) is 4.16. The zero-order valence-corrected chi connectivity index (χ0v) is 15.5. The van der Waals surface area contributed by atoms with Crippen LogP contribution >= 0.6 is 11.6 Å². The van der Waals surface area contributed by atoms with Crippen molar-refractivity contribution in [3.8, 4) is 5.75 Å². The lowest BCUT2D eigenvalue weighted by Crippen LogP contribution is -2.26. The topological polar surface area (TPSA) is 67.4 Å². The Morgan fingerprint density at radius 1 is 1.00 bits per heavy atom. The van der Waals surface area contributed by atoms with Gasteiger partial charge in [0.25, 0.3) is 11.8 Å². The molecule has 0 aliphatic rings. The van der Waals surface area contributed by atoms with E-state index >= 15 is 0 Å². The first kappa shape index (κ1) is 18.7. The van der Waals surface area contributed by atoms with Crippen molar-refractivity contribution in [1.29, 1.82) is 0 Å². The second-order valence-corrected chi connectivity index (χ2v) is 6.33. The zero-order valence-electron chi connectivity index (χ0n) is 14.8. The first-order valence-corrected chi connectivity index (χ1v) is 8.94. The van der Waals surface area contributed by atoms with E-state index in [9.17, 15) is 9.59 Å². The van der Waals surface area contributed by atoms with Gasteiger partial charge in [0.1, 0.15) is 5.75 Å². The highest BCUT2D eigenvalue weighted by Gasteiger charge is 2.14. The fourth-order valence-electron chi connectivity index (χ4n) is 2.66. The molecule has 0 atom stereocenters. The van der Waals surface area contributed by atoms with Crippen LogP contribution in [0.2, 0.25) is 5.02 Å². The van der Waals surface area contributed by atoms with Gasteiger partial charge in [-0.2, -0.15) is 0 Å². The fraction of sp³-hybridized carbons (Fsp3) is 0.143. The highest BCUT2D eigenvalue weighted by molar-refractivity contribution is 6.31. The maximum Gasteiger partial charge on any atom is 0.262 e. The smallest absolute Gasteiger partial charge is 0.262 e. The first-order valence-electron chi connectivity index (χ1n) is 8.56. The molecule has 3 rings (SSSR count). The summed E-state index contributed by atoms with van der Waals surface area (Å²) < 4.78 is 5.58. The van der Waals surface area contributed by atoms with Crippen LogP contribution in [0.5, 0.6) is 5.75 Å². The third-order valence-electron chi connectivity index (χ3n) is 3.93. The zero-order chi connectivity index (χ0) is 19.2. The predicted octanol–water partition coefficient (Wildman–Crippen LogP) is 4.26. The summed E-state index contributed by atoms with van der Waals surface area (Å²) in [5, 5.41) is 7.95. The molecule has 6 heteroatoms. The van der Waals surface area contributed by atoms with E-state index in [-0.39, 0.29) is 18.4 Å². The lowest BCUT2D eigenvalue weighted by atomic mass is 10.1. The van der Waals surface area contributed by atoms with Crippen LogP contribution < -0.4 is 15.4 Å². The minimum atomic E-state index is -0.365. The molecule has 0 spiro atoms. The number of benzene rings is 3. The third kappa shape index (κ3) is 4.77. The average Bonchev–Trinajstić information content (AvgIpc) is 2.67. The summed E-state index contributed by atoms with van der Waals surface area (Å²) in [6.07, 6.45) is 0. The van der Waals surface area contributed by atoms with E-state index < -0.39 is 0 Å². The number of amides is 2. The van der Waals surface area contributed by atoms with E-state index in [1.807, 2.05) is 49.4 Å². The highest BCUT2D eigenvalue weighted by atomic mass is 35.5. The highest BCUT2D eigenvalue weighted by Crippen LogP contribution is 2.22. The van der Waals surface area contributed by atoms with Crippen molar-refractivity contribution in [2.45, 2.75) is 6.92 Å². The van der Waals surface area contributed by atoms with Crippen LogP contribution in [0.1, 0.15) is 17.3 Å². The number of anilines is 1. The Balaban J connectivity index is 1.67. The molecule has 0 saturated carbocycles. The number of rotatable bonds is 6. The number of fused-ring (bicyclic) bond motifs is 1. The summed E-state index contributed by atoms with van der Waals surface area (Å²) in [5.74, 6) is -0.0642. The Labute approximate surface area is 162 Å². The second kappa shape index (κ2) is 8.56. The number of nitrogens with one attached hydrogen (secondary N) is 2. The number of hydrogen-bond donors (Lipinski definition) is 2. The van der Waals surface area contributed by atoms with E-state index in [2.05, 4.69) is 10.6 Å². The van der Waals surface area contributed by atoms with Crippen LogP contribution in [-0.2, 0) is 4.79 Å². The van der Waals surface area contributed by atoms with Gasteiger partial charge in [0, 0.05) is 11.6 Å². The molecule has 138 valence electrons. The molecule has 0 heterocycles. The van der Waals surface area contributed by atoms with Gasteiger partial charge < -0.3 is 15.4 Å². The van der Waals surface area contributed by atoms with Gasteiger partial charge in [0.05, 0.1) is 11.3 Å². The monoisotopic (exact) mass is 382 g/mol. The second-order valence-electron chi connectivity index (χ2n) is 5.90. The molecule has 3 aromatic carbocycles. The van der Waals surface area contributed by atoms with Crippen molar-refractivity contribution in [3.05, 3.63) is 71.2 Å². The molecule has 0 fully saturated rings. The van der Waals surface area contributed by atoms with Gasteiger partial charge >= 0.3 is 0 Å².